The van der Waals surface area contributed by atoms with Crippen molar-refractivity contribution in [3.8, 4) is 11.5 Å². The number of carbonyl (C=O) groups excluding carboxylic acids is 1. The Bertz CT molecular complexity index is 1100. The maximum Gasteiger partial charge on any atom is 0.255 e. The van der Waals surface area contributed by atoms with E-state index in [9.17, 15) is 4.79 Å². The van der Waals surface area contributed by atoms with Crippen molar-refractivity contribution < 1.29 is 9.53 Å². The second-order valence-corrected chi connectivity index (χ2v) is 6.40. The minimum Gasteiger partial charge on any atom is -0.457 e. The molecule has 0 saturated heterocycles. The number of pyridine rings is 1. The zero-order chi connectivity index (χ0) is 18.8. The molecule has 0 radical (unpaired) electrons. The highest BCUT2D eigenvalue weighted by atomic mass is 16.5. The van der Waals surface area contributed by atoms with Crippen LogP contribution in [0.3, 0.4) is 0 Å². The predicted molar refractivity (Wildman–Crippen MR) is 106 cm³/mol. The van der Waals surface area contributed by atoms with Gasteiger partial charge in [-0.15, -0.1) is 0 Å². The minimum absolute atomic E-state index is 0.141. The molecule has 0 bridgehead atoms. The molecule has 2 aromatic carbocycles. The number of aryl methyl sites for hydroxylation is 2. The molecule has 5 nitrogen and oxygen atoms in total. The Balaban J connectivity index is 1.48. The molecule has 4 rings (SSSR count). The molecule has 0 aliphatic heterocycles. The smallest absolute Gasteiger partial charge is 0.255 e. The maximum atomic E-state index is 12.6. The summed E-state index contributed by atoms with van der Waals surface area (Å²) >= 11 is 0. The SMILES string of the molecule is Cc1[nH]c2ccc(C(=O)Nc3ccc(Oc4ccncc4)cc3)cc2c1C. The van der Waals surface area contributed by atoms with E-state index in [1.54, 1.807) is 24.5 Å². The molecule has 2 heterocycles. The molecular weight excluding hydrogens is 338 g/mol. The summed E-state index contributed by atoms with van der Waals surface area (Å²) in [6, 6.07) is 16.5. The summed E-state index contributed by atoms with van der Waals surface area (Å²) in [6.45, 7) is 4.09. The highest BCUT2D eigenvalue weighted by Crippen LogP contribution is 2.24. The van der Waals surface area contributed by atoms with E-state index in [2.05, 4.69) is 22.2 Å². The van der Waals surface area contributed by atoms with Crippen LogP contribution in [-0.4, -0.2) is 15.9 Å². The van der Waals surface area contributed by atoms with Crippen molar-refractivity contribution in [2.75, 3.05) is 5.32 Å². The third-order valence-corrected chi connectivity index (χ3v) is 4.57. The van der Waals surface area contributed by atoms with E-state index in [4.69, 9.17) is 4.74 Å². The number of H-pyrrole nitrogens is 1. The third-order valence-electron chi connectivity index (χ3n) is 4.57. The number of anilines is 1. The second-order valence-electron chi connectivity index (χ2n) is 6.40. The fourth-order valence-electron chi connectivity index (χ4n) is 2.95. The molecule has 4 aromatic rings. The summed E-state index contributed by atoms with van der Waals surface area (Å²) in [6.07, 6.45) is 3.35. The number of aromatic amines is 1. The van der Waals surface area contributed by atoms with Gasteiger partial charge in [0.1, 0.15) is 11.5 Å². The van der Waals surface area contributed by atoms with Gasteiger partial charge in [-0.25, -0.2) is 0 Å². The number of hydrogen-bond donors (Lipinski definition) is 2. The predicted octanol–water partition coefficient (Wildman–Crippen LogP) is 5.22. The van der Waals surface area contributed by atoms with E-state index >= 15 is 0 Å². The first kappa shape index (κ1) is 16.8. The van der Waals surface area contributed by atoms with E-state index in [-0.39, 0.29) is 5.91 Å². The number of fused-ring (bicyclic) bond motifs is 1. The molecule has 2 aromatic heterocycles. The van der Waals surface area contributed by atoms with E-state index in [1.807, 2.05) is 49.4 Å². The van der Waals surface area contributed by atoms with Crippen LogP contribution >= 0.6 is 0 Å². The fourth-order valence-corrected chi connectivity index (χ4v) is 2.95. The first-order valence-electron chi connectivity index (χ1n) is 8.68. The zero-order valence-corrected chi connectivity index (χ0v) is 15.1. The lowest BCUT2D eigenvalue weighted by molar-refractivity contribution is 0.102. The number of benzene rings is 2. The van der Waals surface area contributed by atoms with Gasteiger partial charge in [0.15, 0.2) is 0 Å². The largest absolute Gasteiger partial charge is 0.457 e. The Hall–Kier alpha value is -3.60. The Kier molecular flexibility index (Phi) is 4.34. The van der Waals surface area contributed by atoms with E-state index in [1.165, 1.54) is 0 Å². The number of rotatable bonds is 4. The Labute approximate surface area is 157 Å². The highest BCUT2D eigenvalue weighted by Gasteiger charge is 2.10. The number of carbonyl (C=O) groups is 1. The fraction of sp³-hybridized carbons (Fsp3) is 0.0909. The molecule has 1 amide bonds. The van der Waals surface area contributed by atoms with Gasteiger partial charge in [-0.05, 0) is 74.0 Å². The molecule has 2 N–H and O–H groups in total. The van der Waals surface area contributed by atoms with Gasteiger partial charge in [0.25, 0.3) is 5.91 Å². The molecule has 0 fully saturated rings. The molecule has 134 valence electrons. The van der Waals surface area contributed by atoms with Crippen LogP contribution < -0.4 is 10.1 Å². The molecule has 0 saturated carbocycles. The molecule has 0 spiro atoms. The van der Waals surface area contributed by atoms with Crippen molar-refractivity contribution in [1.82, 2.24) is 9.97 Å². The van der Waals surface area contributed by atoms with Crippen LogP contribution in [0, 0.1) is 13.8 Å². The summed E-state index contributed by atoms with van der Waals surface area (Å²) in [5.41, 5.74) is 4.66. The average molecular weight is 357 g/mol. The molecule has 0 aliphatic rings. The summed E-state index contributed by atoms with van der Waals surface area (Å²) in [5.74, 6) is 1.27. The minimum atomic E-state index is -0.141. The van der Waals surface area contributed by atoms with Crippen molar-refractivity contribution in [1.29, 1.82) is 0 Å². The third kappa shape index (κ3) is 3.53. The Morgan fingerprint density at radius 2 is 1.67 bits per heavy atom. The number of nitrogens with zero attached hydrogens (tertiary/aromatic N) is 1. The summed E-state index contributed by atoms with van der Waals surface area (Å²) < 4.78 is 5.73. The normalized spacial score (nSPS) is 10.7. The van der Waals surface area contributed by atoms with Crippen molar-refractivity contribution in [3.63, 3.8) is 0 Å². The Morgan fingerprint density at radius 1 is 0.963 bits per heavy atom. The van der Waals surface area contributed by atoms with Crippen molar-refractivity contribution >= 4 is 22.5 Å². The topological polar surface area (TPSA) is 67.0 Å². The standard InChI is InChI=1S/C22H19N3O2/c1-14-15(2)24-21-8-3-16(13-20(14)21)22(26)25-17-4-6-18(7-5-17)27-19-9-11-23-12-10-19/h3-13,24H,1-2H3,(H,25,26). The summed E-state index contributed by atoms with van der Waals surface area (Å²) in [5, 5.41) is 4.00. The molecule has 0 aliphatic carbocycles. The lowest BCUT2D eigenvalue weighted by Crippen LogP contribution is -2.11. The first-order valence-corrected chi connectivity index (χ1v) is 8.68. The Morgan fingerprint density at radius 3 is 2.41 bits per heavy atom. The molecule has 27 heavy (non-hydrogen) atoms. The van der Waals surface area contributed by atoms with Gasteiger partial charge in [-0.1, -0.05) is 0 Å². The van der Waals surface area contributed by atoms with Crippen LogP contribution in [0.15, 0.2) is 67.0 Å². The van der Waals surface area contributed by atoms with Crippen LogP contribution in [0.1, 0.15) is 21.6 Å². The molecule has 0 unspecified atom stereocenters. The van der Waals surface area contributed by atoms with Crippen molar-refractivity contribution in [2.45, 2.75) is 13.8 Å². The van der Waals surface area contributed by atoms with E-state index in [0.29, 0.717) is 22.7 Å². The quantitative estimate of drug-likeness (QED) is 0.526. The molecule has 0 atom stereocenters. The van der Waals surface area contributed by atoms with Gasteiger partial charge < -0.3 is 15.0 Å². The van der Waals surface area contributed by atoms with Crippen molar-refractivity contribution in [3.05, 3.63) is 83.8 Å². The van der Waals surface area contributed by atoms with E-state index < -0.39 is 0 Å². The molecule has 5 heteroatoms. The number of ether oxygens (including phenoxy) is 1. The van der Waals surface area contributed by atoms with Gasteiger partial charge in [0, 0.05) is 40.2 Å². The van der Waals surface area contributed by atoms with Crippen LogP contribution in [0.5, 0.6) is 11.5 Å². The van der Waals surface area contributed by atoms with Crippen LogP contribution in [0.2, 0.25) is 0 Å². The van der Waals surface area contributed by atoms with Crippen LogP contribution in [-0.2, 0) is 0 Å². The second kappa shape index (κ2) is 6.96. The number of hydrogen-bond acceptors (Lipinski definition) is 3. The zero-order valence-electron chi connectivity index (χ0n) is 15.1. The monoisotopic (exact) mass is 357 g/mol. The lowest BCUT2D eigenvalue weighted by Gasteiger charge is -2.08. The van der Waals surface area contributed by atoms with Crippen LogP contribution in [0.4, 0.5) is 5.69 Å². The summed E-state index contributed by atoms with van der Waals surface area (Å²) in [4.78, 5) is 19.9. The average Bonchev–Trinajstić information content (AvgIpc) is 2.98. The number of amides is 1. The number of aromatic nitrogens is 2. The van der Waals surface area contributed by atoms with E-state index in [0.717, 1.165) is 22.2 Å². The number of nitrogens with one attached hydrogen (secondary N) is 2. The van der Waals surface area contributed by atoms with Gasteiger partial charge in [-0.2, -0.15) is 0 Å². The van der Waals surface area contributed by atoms with Gasteiger partial charge in [-0.3, -0.25) is 9.78 Å². The van der Waals surface area contributed by atoms with Gasteiger partial charge in [0.05, 0.1) is 0 Å². The van der Waals surface area contributed by atoms with Gasteiger partial charge in [0.2, 0.25) is 0 Å². The maximum absolute atomic E-state index is 12.6. The van der Waals surface area contributed by atoms with Gasteiger partial charge >= 0.3 is 0 Å². The first-order chi connectivity index (χ1) is 13.1. The molecular formula is C22H19N3O2. The van der Waals surface area contributed by atoms with Crippen LogP contribution in [0.25, 0.3) is 10.9 Å². The highest BCUT2D eigenvalue weighted by molar-refractivity contribution is 6.06. The van der Waals surface area contributed by atoms with Crippen molar-refractivity contribution in [2.24, 2.45) is 0 Å². The summed E-state index contributed by atoms with van der Waals surface area (Å²) in [7, 11) is 0. The lowest BCUT2D eigenvalue weighted by atomic mass is 10.1.